The molecule has 2 atom stereocenters. The number of aliphatic carboxylic acids is 1. The molecule has 0 fully saturated rings. The molecular formula is C22H46O2Si. The van der Waals surface area contributed by atoms with Crippen LogP contribution >= 0.6 is 0 Å². The molecule has 0 saturated carbocycles. The molecule has 0 heterocycles. The van der Waals surface area contributed by atoms with Crippen LogP contribution in [0.3, 0.4) is 0 Å². The largest absolute Gasteiger partial charge is 0.481 e. The third-order valence-electron chi connectivity index (χ3n) is 5.92. The van der Waals surface area contributed by atoms with Crippen LogP contribution in [0.1, 0.15) is 118 Å². The van der Waals surface area contributed by atoms with Crippen LogP contribution in [0.5, 0.6) is 0 Å². The lowest BCUT2D eigenvalue weighted by Gasteiger charge is -2.38. The first-order valence-corrected chi connectivity index (χ1v) is 13.0. The molecule has 0 rings (SSSR count). The zero-order valence-corrected chi connectivity index (χ0v) is 19.2. The summed E-state index contributed by atoms with van der Waals surface area (Å²) in [6.45, 7) is 8.93. The Hall–Kier alpha value is -0.313. The molecule has 2 unspecified atom stereocenters. The predicted molar refractivity (Wildman–Crippen MR) is 115 cm³/mol. The van der Waals surface area contributed by atoms with Gasteiger partial charge in [-0.3, -0.25) is 4.79 Å². The van der Waals surface area contributed by atoms with Crippen LogP contribution in [-0.4, -0.2) is 20.6 Å². The van der Waals surface area contributed by atoms with Gasteiger partial charge in [0.25, 0.3) is 0 Å². The first kappa shape index (κ1) is 24.7. The smallest absolute Gasteiger partial charge is 0.306 e. The van der Waals surface area contributed by atoms with E-state index in [1.165, 1.54) is 57.8 Å². The molecule has 0 aromatic heterocycles. The number of carboxylic acid groups (broad SMARTS) is 1. The van der Waals surface area contributed by atoms with E-state index in [9.17, 15) is 9.90 Å². The van der Waals surface area contributed by atoms with Gasteiger partial charge in [0, 0.05) is 9.52 Å². The molecule has 0 aliphatic rings. The van der Waals surface area contributed by atoms with Gasteiger partial charge in [-0.1, -0.05) is 104 Å². The van der Waals surface area contributed by atoms with Crippen LogP contribution in [0.2, 0.25) is 11.1 Å². The SMILES string of the molecule is CCCCCCCC(CCC)C(CCCCCCC)([SiH2]CC)C(=O)O. The van der Waals surface area contributed by atoms with Gasteiger partial charge < -0.3 is 5.11 Å². The Kier molecular flexibility index (Phi) is 15.7. The van der Waals surface area contributed by atoms with E-state index in [0.717, 1.165) is 38.1 Å². The van der Waals surface area contributed by atoms with Crippen LogP contribution in [-0.2, 0) is 4.79 Å². The van der Waals surface area contributed by atoms with Crippen molar-refractivity contribution in [2.75, 3.05) is 0 Å². The minimum atomic E-state index is -0.569. The minimum Gasteiger partial charge on any atom is -0.481 e. The summed E-state index contributed by atoms with van der Waals surface area (Å²) in [4.78, 5) is 12.4. The quantitative estimate of drug-likeness (QED) is 0.209. The van der Waals surface area contributed by atoms with E-state index in [1.54, 1.807) is 0 Å². The molecular weight excluding hydrogens is 324 g/mol. The molecule has 0 bridgehead atoms. The van der Waals surface area contributed by atoms with Gasteiger partial charge in [-0.25, -0.2) is 0 Å². The summed E-state index contributed by atoms with van der Waals surface area (Å²) < 4.78 is 0. The Labute approximate surface area is 160 Å². The number of carboxylic acids is 1. The fourth-order valence-electron chi connectivity index (χ4n) is 4.45. The van der Waals surface area contributed by atoms with Crippen molar-refractivity contribution in [3.05, 3.63) is 0 Å². The minimum absolute atomic E-state index is 0.332. The molecule has 150 valence electrons. The van der Waals surface area contributed by atoms with Crippen molar-refractivity contribution >= 4 is 15.5 Å². The summed E-state index contributed by atoms with van der Waals surface area (Å²) in [5.41, 5.74) is 0. The zero-order valence-electron chi connectivity index (χ0n) is 17.7. The number of carbonyl (C=O) groups is 1. The summed E-state index contributed by atoms with van der Waals surface area (Å²) in [7, 11) is -0.569. The number of unbranched alkanes of at least 4 members (excludes halogenated alkanes) is 8. The van der Waals surface area contributed by atoms with Gasteiger partial charge in [-0.05, 0) is 25.2 Å². The molecule has 0 aliphatic carbocycles. The summed E-state index contributed by atoms with van der Waals surface area (Å²) in [6, 6.07) is 1.12. The Bertz CT molecular complexity index is 319. The lowest BCUT2D eigenvalue weighted by molar-refractivity contribution is -0.143. The van der Waals surface area contributed by atoms with E-state index in [-0.39, 0.29) is 5.04 Å². The second-order valence-electron chi connectivity index (χ2n) is 8.06. The molecule has 0 aliphatic heterocycles. The molecule has 1 N–H and O–H groups in total. The van der Waals surface area contributed by atoms with E-state index in [1.807, 2.05) is 0 Å². The Morgan fingerprint density at radius 1 is 0.800 bits per heavy atom. The highest BCUT2D eigenvalue weighted by atomic mass is 28.2. The second kappa shape index (κ2) is 15.9. The Morgan fingerprint density at radius 2 is 1.36 bits per heavy atom. The first-order chi connectivity index (χ1) is 12.1. The standard InChI is InChI=1S/C22H46O2Si/c1-5-9-11-13-15-18-20(17-7-3)22(21(23)24,25-8-4)19-16-14-12-10-6-2/h20H,5-19,25H2,1-4H3,(H,23,24). The normalized spacial score (nSPS) is 15.5. The lowest BCUT2D eigenvalue weighted by Crippen LogP contribution is -2.37. The van der Waals surface area contributed by atoms with Crippen LogP contribution < -0.4 is 0 Å². The second-order valence-corrected chi connectivity index (χ2v) is 10.8. The number of hydrogen-bond acceptors (Lipinski definition) is 1. The van der Waals surface area contributed by atoms with Crippen LogP contribution in [0.15, 0.2) is 0 Å². The average Bonchev–Trinajstić information content (AvgIpc) is 2.59. The van der Waals surface area contributed by atoms with Crippen molar-refractivity contribution in [2.24, 2.45) is 5.92 Å². The van der Waals surface area contributed by atoms with Crippen LogP contribution in [0.4, 0.5) is 0 Å². The number of hydrogen-bond donors (Lipinski definition) is 1. The highest BCUT2D eigenvalue weighted by Gasteiger charge is 2.43. The summed E-state index contributed by atoms with van der Waals surface area (Å²) >= 11 is 0. The van der Waals surface area contributed by atoms with Crippen LogP contribution in [0, 0.1) is 5.92 Å². The van der Waals surface area contributed by atoms with Gasteiger partial charge in [0.2, 0.25) is 0 Å². The highest BCUT2D eigenvalue weighted by molar-refractivity contribution is 6.46. The summed E-state index contributed by atoms with van der Waals surface area (Å²) in [6.07, 6.45) is 16.9. The van der Waals surface area contributed by atoms with Crippen molar-refractivity contribution < 1.29 is 9.90 Å². The van der Waals surface area contributed by atoms with Crippen molar-refractivity contribution in [2.45, 2.75) is 129 Å². The van der Waals surface area contributed by atoms with E-state index in [2.05, 4.69) is 27.7 Å². The first-order valence-electron chi connectivity index (χ1n) is 11.3. The lowest BCUT2D eigenvalue weighted by atomic mass is 9.80. The summed E-state index contributed by atoms with van der Waals surface area (Å²) in [5.74, 6) is -0.0297. The van der Waals surface area contributed by atoms with E-state index in [0.29, 0.717) is 5.92 Å². The van der Waals surface area contributed by atoms with E-state index < -0.39 is 15.5 Å². The maximum Gasteiger partial charge on any atom is 0.306 e. The summed E-state index contributed by atoms with van der Waals surface area (Å²) in [5, 5.41) is 9.90. The van der Waals surface area contributed by atoms with Gasteiger partial charge in [0.05, 0.1) is 5.04 Å². The maximum atomic E-state index is 12.4. The van der Waals surface area contributed by atoms with Crippen molar-refractivity contribution in [3.8, 4) is 0 Å². The van der Waals surface area contributed by atoms with Crippen molar-refractivity contribution in [3.63, 3.8) is 0 Å². The molecule has 0 saturated heterocycles. The van der Waals surface area contributed by atoms with Crippen molar-refractivity contribution in [1.29, 1.82) is 0 Å². The van der Waals surface area contributed by atoms with E-state index in [4.69, 9.17) is 0 Å². The van der Waals surface area contributed by atoms with Crippen LogP contribution in [0.25, 0.3) is 0 Å². The third kappa shape index (κ3) is 9.82. The monoisotopic (exact) mass is 370 g/mol. The molecule has 2 nitrogen and oxygen atoms in total. The molecule has 3 heteroatoms. The molecule has 0 radical (unpaired) electrons. The zero-order chi connectivity index (χ0) is 19.0. The number of rotatable bonds is 18. The Balaban J connectivity index is 4.89. The van der Waals surface area contributed by atoms with Gasteiger partial charge >= 0.3 is 5.97 Å². The molecule has 0 spiro atoms. The molecule has 0 aromatic rings. The maximum absolute atomic E-state index is 12.4. The van der Waals surface area contributed by atoms with Gasteiger partial charge in [0.1, 0.15) is 0 Å². The molecule has 0 amide bonds. The van der Waals surface area contributed by atoms with Gasteiger partial charge in [-0.15, -0.1) is 0 Å². The third-order valence-corrected chi connectivity index (χ3v) is 8.55. The van der Waals surface area contributed by atoms with Gasteiger partial charge in [-0.2, -0.15) is 0 Å². The van der Waals surface area contributed by atoms with E-state index >= 15 is 0 Å². The van der Waals surface area contributed by atoms with Crippen molar-refractivity contribution in [1.82, 2.24) is 0 Å². The molecule has 0 aromatic carbocycles. The molecule has 25 heavy (non-hydrogen) atoms. The highest BCUT2D eigenvalue weighted by Crippen LogP contribution is 2.46. The average molecular weight is 371 g/mol. The predicted octanol–water partition coefficient (Wildman–Crippen LogP) is 6.97. The fraction of sp³-hybridized carbons (Fsp3) is 0.955. The van der Waals surface area contributed by atoms with Gasteiger partial charge in [0.15, 0.2) is 0 Å². The Morgan fingerprint density at radius 3 is 1.84 bits per heavy atom. The topological polar surface area (TPSA) is 37.3 Å². The fourth-order valence-corrected chi connectivity index (χ4v) is 6.87.